The second kappa shape index (κ2) is 15.2. The van der Waals surface area contributed by atoms with Gasteiger partial charge in [0.05, 0.1) is 6.54 Å². The van der Waals surface area contributed by atoms with Crippen molar-refractivity contribution in [1.29, 1.82) is 0 Å². The zero-order valence-electron chi connectivity index (χ0n) is 24.3. The van der Waals surface area contributed by atoms with E-state index in [4.69, 9.17) is 4.74 Å². The Kier molecular flexibility index (Phi) is 10.7. The second-order valence-corrected chi connectivity index (χ2v) is 11.7. The molecule has 1 aromatic heterocycles. The predicted octanol–water partition coefficient (Wildman–Crippen LogP) is 7.81. The van der Waals surface area contributed by atoms with Crippen molar-refractivity contribution in [2.45, 2.75) is 52.0 Å². The Bertz CT molecular complexity index is 1560. The van der Waals surface area contributed by atoms with Crippen LogP contribution in [-0.4, -0.2) is 21.8 Å². The fourth-order valence-corrected chi connectivity index (χ4v) is 5.60. The fraction of sp³-hybridized carbons (Fsp3) is 0.222. The minimum Gasteiger partial charge on any atom is -0.489 e. The van der Waals surface area contributed by atoms with Gasteiger partial charge >= 0.3 is 0 Å². The number of amides is 1. The Balaban J connectivity index is 1.20. The van der Waals surface area contributed by atoms with Crippen molar-refractivity contribution in [3.05, 3.63) is 153 Å². The molecule has 0 aliphatic carbocycles. The van der Waals surface area contributed by atoms with E-state index in [1.54, 1.807) is 12.1 Å². The van der Waals surface area contributed by atoms with E-state index < -0.39 is 0 Å². The SMILES string of the molecule is C[C@@H](CCc1ccccc1)NC(=O)c1csc(CN(Cc2ccc(F)cc2)Cc2ccc(OCc3ccccc3)cc2)n1. The summed E-state index contributed by atoms with van der Waals surface area (Å²) in [6.45, 7) is 4.38. The highest BCUT2D eigenvalue weighted by molar-refractivity contribution is 7.09. The molecule has 0 aliphatic heterocycles. The van der Waals surface area contributed by atoms with E-state index >= 15 is 0 Å². The van der Waals surface area contributed by atoms with Gasteiger partial charge in [0.15, 0.2) is 0 Å². The van der Waals surface area contributed by atoms with Crippen LogP contribution in [0.5, 0.6) is 5.75 Å². The summed E-state index contributed by atoms with van der Waals surface area (Å²) in [6.07, 6.45) is 1.76. The van der Waals surface area contributed by atoms with Gasteiger partial charge in [0, 0.05) is 24.5 Å². The lowest BCUT2D eigenvalue weighted by Crippen LogP contribution is -2.33. The van der Waals surface area contributed by atoms with Crippen molar-refractivity contribution >= 4 is 17.2 Å². The van der Waals surface area contributed by atoms with Crippen LogP contribution < -0.4 is 10.1 Å². The highest BCUT2D eigenvalue weighted by Gasteiger charge is 2.16. The molecule has 1 N–H and O–H groups in total. The minimum absolute atomic E-state index is 0.0347. The smallest absolute Gasteiger partial charge is 0.270 e. The average molecular weight is 594 g/mol. The van der Waals surface area contributed by atoms with Crippen LogP contribution in [-0.2, 0) is 32.7 Å². The fourth-order valence-electron chi connectivity index (χ4n) is 4.78. The van der Waals surface area contributed by atoms with Gasteiger partial charge in [-0.2, -0.15) is 0 Å². The van der Waals surface area contributed by atoms with Gasteiger partial charge in [-0.3, -0.25) is 9.69 Å². The molecule has 0 fully saturated rings. The van der Waals surface area contributed by atoms with Crippen molar-refractivity contribution < 1.29 is 13.9 Å². The minimum atomic E-state index is -0.255. The number of nitrogens with one attached hydrogen (secondary N) is 1. The molecule has 1 heterocycles. The normalized spacial score (nSPS) is 11.8. The lowest BCUT2D eigenvalue weighted by molar-refractivity contribution is 0.0933. The summed E-state index contributed by atoms with van der Waals surface area (Å²) >= 11 is 1.48. The third kappa shape index (κ3) is 9.60. The largest absolute Gasteiger partial charge is 0.489 e. The van der Waals surface area contributed by atoms with Crippen molar-refractivity contribution in [3.8, 4) is 5.75 Å². The first kappa shape index (κ1) is 30.1. The highest BCUT2D eigenvalue weighted by atomic mass is 32.1. The molecule has 0 saturated carbocycles. The van der Waals surface area contributed by atoms with Gasteiger partial charge in [0.2, 0.25) is 0 Å². The van der Waals surface area contributed by atoms with Crippen molar-refractivity contribution in [2.75, 3.05) is 0 Å². The third-order valence-corrected chi connectivity index (χ3v) is 7.96. The molecule has 5 rings (SSSR count). The number of aromatic nitrogens is 1. The van der Waals surface area contributed by atoms with Crippen LogP contribution in [0.15, 0.2) is 115 Å². The van der Waals surface area contributed by atoms with Gasteiger partial charge in [0.1, 0.15) is 28.9 Å². The molecule has 5 nitrogen and oxygen atoms in total. The number of hydrogen-bond donors (Lipinski definition) is 1. The number of carbonyl (C=O) groups is 1. The number of ether oxygens (including phenoxy) is 1. The standard InChI is InChI=1S/C36H36FN3O2S/c1-27(12-13-28-8-4-2-5-9-28)38-36(41)34-26-43-35(39-34)24-40(22-29-14-18-32(37)19-15-29)23-30-16-20-33(21-17-30)42-25-31-10-6-3-7-11-31/h2-11,14-21,26-27H,12-13,22-25H2,1H3,(H,38,41)/t27-/m0/s1. The van der Waals surface area contributed by atoms with Gasteiger partial charge in [-0.05, 0) is 66.3 Å². The van der Waals surface area contributed by atoms with E-state index in [1.807, 2.05) is 73.0 Å². The summed E-state index contributed by atoms with van der Waals surface area (Å²) in [5.41, 5.74) is 4.94. The molecular weight excluding hydrogens is 557 g/mol. The van der Waals surface area contributed by atoms with Gasteiger partial charge in [-0.15, -0.1) is 11.3 Å². The molecule has 5 aromatic rings. The molecule has 0 radical (unpaired) electrons. The maximum absolute atomic E-state index is 13.6. The monoisotopic (exact) mass is 593 g/mol. The summed E-state index contributed by atoms with van der Waals surface area (Å²) in [5, 5.41) is 5.76. The Morgan fingerprint density at radius 1 is 0.814 bits per heavy atom. The van der Waals surface area contributed by atoms with E-state index in [2.05, 4.69) is 39.5 Å². The summed E-state index contributed by atoms with van der Waals surface area (Å²) in [5.74, 6) is 0.403. The summed E-state index contributed by atoms with van der Waals surface area (Å²) in [4.78, 5) is 19.8. The van der Waals surface area contributed by atoms with Crippen LogP contribution in [0.2, 0.25) is 0 Å². The van der Waals surface area contributed by atoms with Crippen LogP contribution in [0.25, 0.3) is 0 Å². The van der Waals surface area contributed by atoms with E-state index in [9.17, 15) is 9.18 Å². The van der Waals surface area contributed by atoms with E-state index in [0.717, 1.165) is 40.3 Å². The van der Waals surface area contributed by atoms with Crippen LogP contribution in [0, 0.1) is 5.82 Å². The molecule has 220 valence electrons. The molecule has 0 saturated heterocycles. The summed E-state index contributed by atoms with van der Waals surface area (Å²) < 4.78 is 19.5. The zero-order valence-corrected chi connectivity index (χ0v) is 25.1. The topological polar surface area (TPSA) is 54.5 Å². The molecule has 0 aliphatic rings. The maximum Gasteiger partial charge on any atom is 0.270 e. The first-order chi connectivity index (χ1) is 21.0. The number of nitrogens with zero attached hydrogens (tertiary/aromatic N) is 2. The molecule has 0 bridgehead atoms. The van der Waals surface area contributed by atoms with E-state index in [0.29, 0.717) is 31.9 Å². The first-order valence-electron chi connectivity index (χ1n) is 14.5. The number of carbonyl (C=O) groups excluding carboxylic acids is 1. The Morgan fingerprint density at radius 3 is 2.07 bits per heavy atom. The van der Waals surface area contributed by atoms with Crippen LogP contribution in [0.4, 0.5) is 4.39 Å². The molecule has 1 amide bonds. The lowest BCUT2D eigenvalue weighted by Gasteiger charge is -2.22. The van der Waals surface area contributed by atoms with Crippen LogP contribution >= 0.6 is 11.3 Å². The molecule has 7 heteroatoms. The Morgan fingerprint density at radius 2 is 1.42 bits per heavy atom. The van der Waals surface area contributed by atoms with Crippen LogP contribution in [0.3, 0.4) is 0 Å². The second-order valence-electron chi connectivity index (χ2n) is 10.7. The number of thiazole rings is 1. The number of benzene rings is 4. The molecule has 1 atom stereocenters. The quantitative estimate of drug-likeness (QED) is 0.143. The number of hydrogen-bond acceptors (Lipinski definition) is 5. The van der Waals surface area contributed by atoms with Crippen LogP contribution in [0.1, 0.15) is 51.1 Å². The average Bonchev–Trinajstić information content (AvgIpc) is 3.50. The van der Waals surface area contributed by atoms with Gasteiger partial charge in [-0.1, -0.05) is 84.9 Å². The van der Waals surface area contributed by atoms with Crippen molar-refractivity contribution in [3.63, 3.8) is 0 Å². The predicted molar refractivity (Wildman–Crippen MR) is 170 cm³/mol. The molecule has 0 spiro atoms. The third-order valence-electron chi connectivity index (χ3n) is 7.13. The Labute approximate surface area is 257 Å². The first-order valence-corrected chi connectivity index (χ1v) is 15.4. The number of rotatable bonds is 14. The summed E-state index contributed by atoms with van der Waals surface area (Å²) in [7, 11) is 0. The van der Waals surface area contributed by atoms with Gasteiger partial charge < -0.3 is 10.1 Å². The number of halogens is 1. The molecule has 4 aromatic carbocycles. The molecule has 0 unspecified atom stereocenters. The van der Waals surface area contributed by atoms with E-state index in [1.165, 1.54) is 29.0 Å². The van der Waals surface area contributed by atoms with Gasteiger partial charge in [0.25, 0.3) is 5.91 Å². The van der Waals surface area contributed by atoms with E-state index in [-0.39, 0.29) is 17.8 Å². The van der Waals surface area contributed by atoms with Crippen molar-refractivity contribution in [1.82, 2.24) is 15.2 Å². The molecular formula is C36H36FN3O2S. The molecule has 43 heavy (non-hydrogen) atoms. The lowest BCUT2D eigenvalue weighted by atomic mass is 10.1. The van der Waals surface area contributed by atoms with Gasteiger partial charge in [-0.25, -0.2) is 9.37 Å². The summed E-state index contributed by atoms with van der Waals surface area (Å²) in [6, 6.07) is 35.1. The maximum atomic E-state index is 13.6. The zero-order chi connectivity index (χ0) is 29.9. The Hall–Kier alpha value is -4.33. The number of aryl methyl sites for hydroxylation is 1. The van der Waals surface area contributed by atoms with Crippen molar-refractivity contribution in [2.24, 2.45) is 0 Å². The highest BCUT2D eigenvalue weighted by Crippen LogP contribution is 2.20.